The van der Waals surface area contributed by atoms with E-state index < -0.39 is 0 Å². The second-order valence-corrected chi connectivity index (χ2v) is 3.17. The van der Waals surface area contributed by atoms with Gasteiger partial charge in [-0.3, -0.25) is 0 Å². The second-order valence-electron chi connectivity index (χ2n) is 2.81. The molecule has 1 atom stereocenters. The van der Waals surface area contributed by atoms with Crippen LogP contribution in [0, 0.1) is 0 Å². The first-order valence-corrected chi connectivity index (χ1v) is 4.29. The van der Waals surface area contributed by atoms with E-state index in [2.05, 4.69) is 42.7 Å². The van der Waals surface area contributed by atoms with Crippen molar-refractivity contribution in [3.63, 3.8) is 0 Å². The lowest BCUT2D eigenvalue weighted by atomic mass is 10.2. The van der Waals surface area contributed by atoms with Crippen LogP contribution in [0.15, 0.2) is 18.5 Å². The molecule has 1 rings (SSSR count). The summed E-state index contributed by atoms with van der Waals surface area (Å²) in [6.45, 7) is 0. The number of nitrogens with zero attached hydrogens (tertiary/aromatic N) is 1. The minimum absolute atomic E-state index is 0.421. The van der Waals surface area contributed by atoms with Crippen LogP contribution in [0.3, 0.4) is 0 Å². The molecule has 0 spiro atoms. The summed E-state index contributed by atoms with van der Waals surface area (Å²) >= 11 is 4.29. The molecule has 0 aromatic carbocycles. The first-order valence-electron chi connectivity index (χ1n) is 3.65. The topological polar surface area (TPSA) is 19.0 Å². The fraction of sp³-hybridized carbons (Fsp3) is 0.500. The Hall–Kier alpha value is -0.410. The summed E-state index contributed by atoms with van der Waals surface area (Å²) in [6.07, 6.45) is 3.95. The molecule has 3 heteroatoms. The minimum Gasteiger partial charge on any atom is -0.367 e. The number of aromatic nitrogens is 1. The molecule has 0 saturated heterocycles. The van der Waals surface area contributed by atoms with Gasteiger partial charge in [0.05, 0.1) is 0 Å². The van der Waals surface area contributed by atoms with E-state index in [1.165, 1.54) is 5.56 Å². The highest BCUT2D eigenvalue weighted by molar-refractivity contribution is 7.80. The van der Waals surface area contributed by atoms with Crippen molar-refractivity contribution in [2.45, 2.75) is 6.04 Å². The van der Waals surface area contributed by atoms with Gasteiger partial charge < -0.3 is 9.88 Å². The average molecular weight is 170 g/mol. The van der Waals surface area contributed by atoms with Gasteiger partial charge in [0.2, 0.25) is 0 Å². The molecule has 62 valence electrons. The van der Waals surface area contributed by atoms with Gasteiger partial charge >= 0.3 is 0 Å². The molecule has 1 N–H and O–H groups in total. The molecule has 0 radical (unpaired) electrons. The maximum absolute atomic E-state index is 4.29. The third kappa shape index (κ3) is 2.01. The van der Waals surface area contributed by atoms with Crippen molar-refractivity contribution in [1.82, 2.24) is 9.88 Å². The Morgan fingerprint density at radius 3 is 2.73 bits per heavy atom. The van der Waals surface area contributed by atoms with Crippen molar-refractivity contribution in [3.8, 4) is 0 Å². The lowest BCUT2D eigenvalue weighted by Crippen LogP contribution is -2.20. The van der Waals surface area contributed by atoms with Gasteiger partial charge in [-0.1, -0.05) is 0 Å². The quantitative estimate of drug-likeness (QED) is 0.659. The van der Waals surface area contributed by atoms with Crippen LogP contribution in [0.25, 0.3) is 0 Å². The zero-order chi connectivity index (χ0) is 8.27. The second kappa shape index (κ2) is 3.83. The summed E-state index contributed by atoms with van der Waals surface area (Å²) in [6, 6.07) is 2.51. The molecule has 1 unspecified atom stereocenters. The summed E-state index contributed by atoms with van der Waals surface area (Å²) in [5.41, 5.74) is 1.30. The summed E-state index contributed by atoms with van der Waals surface area (Å²) in [5, 5.41) is 0. The highest BCUT2D eigenvalue weighted by atomic mass is 32.1. The Bertz CT molecular complexity index is 194. The van der Waals surface area contributed by atoms with Crippen LogP contribution in [0.1, 0.15) is 11.6 Å². The van der Waals surface area contributed by atoms with Crippen molar-refractivity contribution in [2.24, 2.45) is 0 Å². The summed E-state index contributed by atoms with van der Waals surface area (Å²) < 4.78 is 0. The number of thiol groups is 1. The highest BCUT2D eigenvalue weighted by Gasteiger charge is 2.11. The normalized spacial score (nSPS) is 13.8. The van der Waals surface area contributed by atoms with Crippen LogP contribution < -0.4 is 0 Å². The number of H-pyrrole nitrogens is 1. The molecule has 0 aliphatic heterocycles. The molecule has 0 aliphatic carbocycles. The number of rotatable bonds is 3. The van der Waals surface area contributed by atoms with Crippen molar-refractivity contribution >= 4 is 12.6 Å². The molecule has 0 aliphatic rings. The number of aromatic amines is 1. The molecule has 0 amide bonds. The van der Waals surface area contributed by atoms with E-state index in [1.807, 2.05) is 12.4 Å². The largest absolute Gasteiger partial charge is 0.367 e. The lowest BCUT2D eigenvalue weighted by molar-refractivity contribution is 0.327. The van der Waals surface area contributed by atoms with Gasteiger partial charge in [-0.2, -0.15) is 12.6 Å². The van der Waals surface area contributed by atoms with Gasteiger partial charge in [0.15, 0.2) is 0 Å². The van der Waals surface area contributed by atoms with Gasteiger partial charge in [0.25, 0.3) is 0 Å². The van der Waals surface area contributed by atoms with E-state index in [0.717, 1.165) is 5.75 Å². The predicted octanol–water partition coefficient (Wildman–Crippen LogP) is 1.55. The van der Waals surface area contributed by atoms with E-state index in [1.54, 1.807) is 0 Å². The SMILES string of the molecule is CN(C)C(CS)c1cc[nH]c1. The maximum Gasteiger partial charge on any atom is 0.0444 e. The fourth-order valence-electron chi connectivity index (χ4n) is 1.11. The van der Waals surface area contributed by atoms with Gasteiger partial charge in [-0.25, -0.2) is 0 Å². The molecule has 0 saturated carbocycles. The summed E-state index contributed by atoms with van der Waals surface area (Å²) in [5.74, 6) is 0.852. The van der Waals surface area contributed by atoms with Crippen molar-refractivity contribution in [3.05, 3.63) is 24.0 Å². The van der Waals surface area contributed by atoms with E-state index >= 15 is 0 Å². The molecule has 11 heavy (non-hydrogen) atoms. The zero-order valence-electron chi connectivity index (χ0n) is 6.91. The van der Waals surface area contributed by atoms with Gasteiger partial charge in [0.1, 0.15) is 0 Å². The Kier molecular flexibility index (Phi) is 3.02. The first kappa shape index (κ1) is 8.68. The number of hydrogen-bond donors (Lipinski definition) is 2. The summed E-state index contributed by atoms with van der Waals surface area (Å²) in [4.78, 5) is 5.20. The standard InChI is InChI=1S/C8H14N2S/c1-10(2)8(6-11)7-3-4-9-5-7/h3-5,8-9,11H,6H2,1-2H3. The van der Waals surface area contributed by atoms with Crippen LogP contribution in [0.4, 0.5) is 0 Å². The monoisotopic (exact) mass is 170 g/mol. The Labute approximate surface area is 73.0 Å². The van der Waals surface area contributed by atoms with Crippen LogP contribution in [0.2, 0.25) is 0 Å². The van der Waals surface area contributed by atoms with Crippen molar-refractivity contribution in [2.75, 3.05) is 19.8 Å². The minimum atomic E-state index is 0.421. The Balaban J connectivity index is 2.71. The van der Waals surface area contributed by atoms with E-state index in [0.29, 0.717) is 6.04 Å². The lowest BCUT2D eigenvalue weighted by Gasteiger charge is -2.20. The van der Waals surface area contributed by atoms with Gasteiger partial charge in [-0.15, -0.1) is 0 Å². The van der Waals surface area contributed by atoms with Crippen LogP contribution >= 0.6 is 12.6 Å². The molecule has 0 fully saturated rings. The Morgan fingerprint density at radius 1 is 1.64 bits per heavy atom. The highest BCUT2D eigenvalue weighted by Crippen LogP contribution is 2.17. The zero-order valence-corrected chi connectivity index (χ0v) is 7.81. The van der Waals surface area contributed by atoms with E-state index in [-0.39, 0.29) is 0 Å². The molecule has 2 nitrogen and oxygen atoms in total. The fourth-order valence-corrected chi connectivity index (χ4v) is 1.65. The molecule has 1 aromatic rings. The predicted molar refractivity (Wildman–Crippen MR) is 51.1 cm³/mol. The molecule has 0 bridgehead atoms. The number of hydrogen-bond acceptors (Lipinski definition) is 2. The molecule has 1 aromatic heterocycles. The van der Waals surface area contributed by atoms with Crippen molar-refractivity contribution in [1.29, 1.82) is 0 Å². The Morgan fingerprint density at radius 2 is 2.36 bits per heavy atom. The smallest absolute Gasteiger partial charge is 0.0444 e. The third-order valence-electron chi connectivity index (χ3n) is 1.80. The summed E-state index contributed by atoms with van der Waals surface area (Å²) in [7, 11) is 4.13. The van der Waals surface area contributed by atoms with Gasteiger partial charge in [0, 0.05) is 24.2 Å². The number of nitrogens with one attached hydrogen (secondary N) is 1. The molecule has 1 heterocycles. The molecular weight excluding hydrogens is 156 g/mol. The van der Waals surface area contributed by atoms with Crippen LogP contribution in [-0.4, -0.2) is 29.7 Å². The van der Waals surface area contributed by atoms with Crippen LogP contribution in [-0.2, 0) is 0 Å². The average Bonchev–Trinajstić information content (AvgIpc) is 2.40. The molecular formula is C8H14N2S. The first-order chi connectivity index (χ1) is 5.25. The van der Waals surface area contributed by atoms with Crippen molar-refractivity contribution < 1.29 is 0 Å². The third-order valence-corrected chi connectivity index (χ3v) is 2.15. The van der Waals surface area contributed by atoms with E-state index in [4.69, 9.17) is 0 Å². The van der Waals surface area contributed by atoms with Gasteiger partial charge in [-0.05, 0) is 25.7 Å². The maximum atomic E-state index is 4.29. The van der Waals surface area contributed by atoms with E-state index in [9.17, 15) is 0 Å². The van der Waals surface area contributed by atoms with Crippen LogP contribution in [0.5, 0.6) is 0 Å².